The number of fused-ring (bicyclic) bond motifs is 1. The highest BCUT2D eigenvalue weighted by molar-refractivity contribution is 8.18. The Balaban J connectivity index is 1.68. The molecule has 3 aromatic rings. The van der Waals surface area contributed by atoms with Crippen LogP contribution in [0.4, 0.5) is 10.1 Å². The Hall–Kier alpha value is -2.51. The molecule has 7 heteroatoms. The lowest BCUT2D eigenvalue weighted by Gasteiger charge is -2.17. The molecular formula is C21H18FN3OS2. The highest BCUT2D eigenvalue weighted by Crippen LogP contribution is 2.35. The van der Waals surface area contributed by atoms with Crippen molar-refractivity contribution >= 4 is 56.2 Å². The molecule has 0 radical (unpaired) electrons. The lowest BCUT2D eigenvalue weighted by molar-refractivity contribution is -0.122. The zero-order chi connectivity index (χ0) is 19.7. The van der Waals surface area contributed by atoms with Gasteiger partial charge in [0.1, 0.15) is 5.82 Å². The van der Waals surface area contributed by atoms with Crippen LogP contribution < -0.4 is 0 Å². The summed E-state index contributed by atoms with van der Waals surface area (Å²) < 4.78 is 14.3. The van der Waals surface area contributed by atoms with Crippen molar-refractivity contribution in [3.8, 4) is 0 Å². The second-order valence-corrected chi connectivity index (χ2v) is 8.77. The number of aliphatic imine (C=N–C) groups is 1. The van der Waals surface area contributed by atoms with E-state index in [1.165, 1.54) is 23.9 Å². The van der Waals surface area contributed by atoms with Crippen molar-refractivity contribution in [3.05, 3.63) is 64.3 Å². The van der Waals surface area contributed by atoms with Crippen molar-refractivity contribution < 1.29 is 9.18 Å². The molecule has 4 rings (SSSR count). The summed E-state index contributed by atoms with van der Waals surface area (Å²) in [5, 5.41) is 0.621. The Morgan fingerprint density at radius 2 is 2.00 bits per heavy atom. The lowest BCUT2D eigenvalue weighted by Crippen LogP contribution is -2.32. The number of thiazole rings is 1. The van der Waals surface area contributed by atoms with Gasteiger partial charge in [0.15, 0.2) is 5.17 Å². The minimum Gasteiger partial charge on any atom is -0.286 e. The first kappa shape index (κ1) is 18.8. The first-order valence-electron chi connectivity index (χ1n) is 8.88. The summed E-state index contributed by atoms with van der Waals surface area (Å²) in [5.41, 5.74) is 4.35. The van der Waals surface area contributed by atoms with Gasteiger partial charge in [0, 0.05) is 6.54 Å². The van der Waals surface area contributed by atoms with Gasteiger partial charge in [0.05, 0.1) is 26.3 Å². The molecule has 142 valence electrons. The van der Waals surface area contributed by atoms with Crippen LogP contribution in [0.3, 0.4) is 0 Å². The van der Waals surface area contributed by atoms with Crippen molar-refractivity contribution in [3.63, 3.8) is 0 Å². The zero-order valence-electron chi connectivity index (χ0n) is 15.4. The van der Waals surface area contributed by atoms with Crippen molar-refractivity contribution in [1.29, 1.82) is 0 Å². The number of amides is 1. The summed E-state index contributed by atoms with van der Waals surface area (Å²) >= 11 is 2.93. The molecule has 1 aliphatic rings. The van der Waals surface area contributed by atoms with Crippen LogP contribution in [0.2, 0.25) is 0 Å². The number of benzene rings is 2. The zero-order valence-corrected chi connectivity index (χ0v) is 17.1. The quantitative estimate of drug-likeness (QED) is 0.518. The van der Waals surface area contributed by atoms with Gasteiger partial charge in [-0.05, 0) is 65.7 Å². The predicted octanol–water partition coefficient (Wildman–Crippen LogP) is 5.70. The van der Waals surface area contributed by atoms with Gasteiger partial charge in [-0.1, -0.05) is 19.9 Å². The average Bonchev–Trinajstić information content (AvgIpc) is 3.23. The fourth-order valence-electron chi connectivity index (χ4n) is 2.86. The SMILES string of the molecule is CC(C)CN1C(=O)/C(=C/c2ccc3ncsc3c2)SC1=Nc1ccc(F)cc1. The molecule has 1 amide bonds. The van der Waals surface area contributed by atoms with Gasteiger partial charge in [-0.25, -0.2) is 14.4 Å². The fourth-order valence-corrected chi connectivity index (χ4v) is 4.59. The van der Waals surface area contributed by atoms with Gasteiger partial charge in [0.2, 0.25) is 0 Å². The number of carbonyl (C=O) groups excluding carboxylic acids is 1. The van der Waals surface area contributed by atoms with Crippen molar-refractivity contribution in [2.24, 2.45) is 10.9 Å². The third kappa shape index (κ3) is 4.00. The molecule has 0 spiro atoms. The van der Waals surface area contributed by atoms with Gasteiger partial charge in [-0.2, -0.15) is 0 Å². The Bertz CT molecular complexity index is 1090. The van der Waals surface area contributed by atoms with Crippen LogP contribution in [0.1, 0.15) is 19.4 Å². The first-order chi connectivity index (χ1) is 13.5. The summed E-state index contributed by atoms with van der Waals surface area (Å²) in [5.74, 6) is -0.0583. The Morgan fingerprint density at radius 3 is 2.75 bits per heavy atom. The number of nitrogens with zero attached hydrogens (tertiary/aromatic N) is 3. The lowest BCUT2D eigenvalue weighted by atomic mass is 10.2. The maximum Gasteiger partial charge on any atom is 0.266 e. The van der Waals surface area contributed by atoms with Gasteiger partial charge >= 0.3 is 0 Å². The molecule has 0 unspecified atom stereocenters. The Morgan fingerprint density at radius 1 is 1.21 bits per heavy atom. The second-order valence-electron chi connectivity index (χ2n) is 6.87. The van der Waals surface area contributed by atoms with E-state index in [9.17, 15) is 9.18 Å². The summed E-state index contributed by atoms with van der Waals surface area (Å²) in [6.07, 6.45) is 1.90. The van der Waals surface area contributed by atoms with E-state index in [2.05, 4.69) is 23.8 Å². The molecule has 2 aromatic carbocycles. The van der Waals surface area contributed by atoms with E-state index in [4.69, 9.17) is 0 Å². The van der Waals surface area contributed by atoms with E-state index in [-0.39, 0.29) is 11.7 Å². The highest BCUT2D eigenvalue weighted by atomic mass is 32.2. The molecule has 0 N–H and O–H groups in total. The molecule has 0 aliphatic carbocycles. The van der Waals surface area contributed by atoms with Crippen LogP contribution in [-0.2, 0) is 4.79 Å². The van der Waals surface area contributed by atoms with Crippen molar-refractivity contribution in [1.82, 2.24) is 9.88 Å². The third-order valence-electron chi connectivity index (χ3n) is 4.14. The molecule has 0 saturated carbocycles. The minimum atomic E-state index is -0.308. The number of aromatic nitrogens is 1. The molecule has 1 saturated heterocycles. The topological polar surface area (TPSA) is 45.6 Å². The molecule has 1 fully saturated rings. The van der Waals surface area contributed by atoms with E-state index < -0.39 is 0 Å². The fraction of sp³-hybridized carbons (Fsp3) is 0.190. The van der Waals surface area contributed by atoms with Crippen LogP contribution in [0.15, 0.2) is 57.9 Å². The standard InChI is InChI=1S/C21H18FN3OS2/c1-13(2)11-25-20(26)19(10-14-3-8-17-18(9-14)27-12-23-17)28-21(25)24-16-6-4-15(22)5-7-16/h3-10,12-13H,11H2,1-2H3/b19-10-,24-21?. The van der Waals surface area contributed by atoms with Crippen LogP contribution in [0.25, 0.3) is 16.3 Å². The monoisotopic (exact) mass is 411 g/mol. The first-order valence-corrected chi connectivity index (χ1v) is 10.6. The molecule has 0 atom stereocenters. The van der Waals surface area contributed by atoms with E-state index in [0.29, 0.717) is 28.2 Å². The van der Waals surface area contributed by atoms with E-state index in [0.717, 1.165) is 15.8 Å². The number of rotatable bonds is 4. The van der Waals surface area contributed by atoms with Gasteiger partial charge < -0.3 is 0 Å². The van der Waals surface area contributed by atoms with E-state index in [1.807, 2.05) is 29.8 Å². The number of amidine groups is 1. The van der Waals surface area contributed by atoms with Crippen LogP contribution >= 0.6 is 23.1 Å². The highest BCUT2D eigenvalue weighted by Gasteiger charge is 2.33. The maximum atomic E-state index is 13.2. The van der Waals surface area contributed by atoms with Crippen LogP contribution in [0, 0.1) is 11.7 Å². The molecule has 1 aromatic heterocycles. The molecular weight excluding hydrogens is 393 g/mol. The summed E-state index contributed by atoms with van der Waals surface area (Å²) in [6, 6.07) is 11.9. The average molecular weight is 412 g/mol. The van der Waals surface area contributed by atoms with Crippen LogP contribution in [0.5, 0.6) is 0 Å². The van der Waals surface area contributed by atoms with Crippen molar-refractivity contribution in [2.45, 2.75) is 13.8 Å². The maximum absolute atomic E-state index is 13.2. The Labute approximate surface area is 170 Å². The summed E-state index contributed by atoms with van der Waals surface area (Å²) in [6.45, 7) is 4.71. The number of hydrogen-bond donors (Lipinski definition) is 0. The van der Waals surface area contributed by atoms with Gasteiger partial charge in [-0.3, -0.25) is 9.69 Å². The second kappa shape index (κ2) is 7.85. The number of hydrogen-bond acceptors (Lipinski definition) is 5. The third-order valence-corrected chi connectivity index (χ3v) is 5.94. The normalized spacial score (nSPS) is 17.6. The number of carbonyl (C=O) groups is 1. The smallest absolute Gasteiger partial charge is 0.266 e. The van der Waals surface area contributed by atoms with Gasteiger partial charge in [-0.15, -0.1) is 11.3 Å². The predicted molar refractivity (Wildman–Crippen MR) is 115 cm³/mol. The van der Waals surface area contributed by atoms with Crippen molar-refractivity contribution in [2.75, 3.05) is 6.54 Å². The minimum absolute atomic E-state index is 0.0519. The molecule has 1 aliphatic heterocycles. The van der Waals surface area contributed by atoms with Gasteiger partial charge in [0.25, 0.3) is 5.91 Å². The Kier molecular flexibility index (Phi) is 5.28. The number of thioether (sulfide) groups is 1. The van der Waals surface area contributed by atoms with E-state index >= 15 is 0 Å². The van der Waals surface area contributed by atoms with Crippen LogP contribution in [-0.4, -0.2) is 27.5 Å². The number of halogens is 1. The summed E-state index contributed by atoms with van der Waals surface area (Å²) in [4.78, 5) is 24.2. The molecule has 0 bridgehead atoms. The molecule has 4 nitrogen and oxygen atoms in total. The largest absolute Gasteiger partial charge is 0.286 e. The molecule has 2 heterocycles. The summed E-state index contributed by atoms with van der Waals surface area (Å²) in [7, 11) is 0. The molecule has 28 heavy (non-hydrogen) atoms. The van der Waals surface area contributed by atoms with E-state index in [1.54, 1.807) is 28.4 Å².